The molecule has 0 heterocycles. The van der Waals surface area contributed by atoms with Crippen LogP contribution in [0.15, 0.2) is 42.5 Å². The predicted molar refractivity (Wildman–Crippen MR) is 73.4 cm³/mol. The molecule has 0 fully saturated rings. The van der Waals surface area contributed by atoms with Crippen LogP contribution in [0.25, 0.3) is 0 Å². The van der Waals surface area contributed by atoms with Gasteiger partial charge in [-0.25, -0.2) is 4.39 Å². The first-order chi connectivity index (χ1) is 9.58. The number of nitro benzene ring substituents is 1. The Kier molecular flexibility index (Phi) is 4.53. The quantitative estimate of drug-likeness (QED) is 0.475. The van der Waals surface area contributed by atoms with Gasteiger partial charge < -0.3 is 4.74 Å². The Labute approximate surface area is 119 Å². The monoisotopic (exact) mass is 295 g/mol. The maximum absolute atomic E-state index is 13.2. The molecule has 0 N–H and O–H groups in total. The molecule has 2 rings (SSSR count). The van der Waals surface area contributed by atoms with Gasteiger partial charge in [0.1, 0.15) is 18.2 Å². The van der Waals surface area contributed by atoms with Crippen LogP contribution in [0, 0.1) is 15.9 Å². The summed E-state index contributed by atoms with van der Waals surface area (Å²) in [5, 5.41) is 10.6. The molecule has 0 spiro atoms. The van der Waals surface area contributed by atoms with E-state index in [9.17, 15) is 14.5 Å². The van der Waals surface area contributed by atoms with Gasteiger partial charge in [-0.05, 0) is 29.3 Å². The van der Waals surface area contributed by atoms with E-state index in [1.165, 1.54) is 12.1 Å². The number of nitrogens with zero attached hydrogens (tertiary/aromatic N) is 1. The van der Waals surface area contributed by atoms with Gasteiger partial charge in [-0.15, -0.1) is 11.6 Å². The number of ether oxygens (including phenoxy) is 1. The molecule has 0 amide bonds. The molecule has 0 bridgehead atoms. The van der Waals surface area contributed by atoms with Gasteiger partial charge in [-0.2, -0.15) is 0 Å². The lowest BCUT2D eigenvalue weighted by molar-refractivity contribution is -0.385. The van der Waals surface area contributed by atoms with Gasteiger partial charge in [0.15, 0.2) is 0 Å². The fraction of sp³-hybridized carbons (Fsp3) is 0.143. The van der Waals surface area contributed by atoms with Crippen molar-refractivity contribution >= 4 is 17.3 Å². The molecule has 0 aromatic heterocycles. The number of halogens is 2. The van der Waals surface area contributed by atoms with Gasteiger partial charge in [0.05, 0.1) is 11.0 Å². The molecule has 0 aliphatic heterocycles. The van der Waals surface area contributed by atoms with Crippen molar-refractivity contribution in [2.24, 2.45) is 0 Å². The van der Waals surface area contributed by atoms with Crippen molar-refractivity contribution in [3.63, 3.8) is 0 Å². The van der Waals surface area contributed by atoms with Crippen LogP contribution < -0.4 is 4.74 Å². The Morgan fingerprint density at radius 3 is 2.45 bits per heavy atom. The minimum Gasteiger partial charge on any atom is -0.489 e. The molecule has 0 unspecified atom stereocenters. The number of rotatable bonds is 5. The van der Waals surface area contributed by atoms with Crippen molar-refractivity contribution in [3.05, 3.63) is 69.5 Å². The fourth-order valence-corrected chi connectivity index (χ4v) is 1.84. The molecule has 2 aromatic rings. The lowest BCUT2D eigenvalue weighted by atomic mass is 10.2. The maximum Gasteiger partial charge on any atom is 0.272 e. The highest BCUT2D eigenvalue weighted by molar-refractivity contribution is 6.17. The van der Waals surface area contributed by atoms with Crippen molar-refractivity contribution in [1.29, 1.82) is 0 Å². The number of nitro groups is 1. The summed E-state index contributed by atoms with van der Waals surface area (Å²) in [5.41, 5.74) is 1.07. The summed E-state index contributed by atoms with van der Waals surface area (Å²) in [7, 11) is 0. The van der Waals surface area contributed by atoms with Crippen LogP contribution in [0.4, 0.5) is 10.1 Å². The van der Waals surface area contributed by atoms with Crippen LogP contribution in [0.2, 0.25) is 0 Å². The summed E-state index contributed by atoms with van der Waals surface area (Å²) in [6.07, 6.45) is 0. The predicted octanol–water partition coefficient (Wildman–Crippen LogP) is 4.05. The first kappa shape index (κ1) is 14.3. The van der Waals surface area contributed by atoms with E-state index in [0.717, 1.165) is 11.6 Å². The molecule has 6 heteroatoms. The van der Waals surface area contributed by atoms with Crippen LogP contribution in [0.5, 0.6) is 5.75 Å². The van der Waals surface area contributed by atoms with Gasteiger partial charge in [-0.3, -0.25) is 10.1 Å². The number of benzene rings is 2. The van der Waals surface area contributed by atoms with E-state index in [4.69, 9.17) is 16.3 Å². The SMILES string of the molecule is O=[N+]([O-])c1cc(F)cc(COc2ccc(CCl)cc2)c1. The Hall–Kier alpha value is -2.14. The van der Waals surface area contributed by atoms with Crippen LogP contribution >= 0.6 is 11.6 Å². The van der Waals surface area contributed by atoms with Crippen molar-refractivity contribution in [2.45, 2.75) is 12.5 Å². The average molecular weight is 296 g/mol. The fourth-order valence-electron chi connectivity index (χ4n) is 1.66. The van der Waals surface area contributed by atoms with Crippen LogP contribution in [-0.2, 0) is 12.5 Å². The van der Waals surface area contributed by atoms with E-state index < -0.39 is 10.7 Å². The highest BCUT2D eigenvalue weighted by Gasteiger charge is 2.10. The van der Waals surface area contributed by atoms with Crippen LogP contribution in [0.1, 0.15) is 11.1 Å². The third kappa shape index (κ3) is 3.68. The second-order valence-corrected chi connectivity index (χ2v) is 4.41. The van der Waals surface area contributed by atoms with E-state index in [2.05, 4.69) is 0 Å². The minimum absolute atomic E-state index is 0.0544. The highest BCUT2D eigenvalue weighted by Crippen LogP contribution is 2.19. The first-order valence-electron chi connectivity index (χ1n) is 5.80. The summed E-state index contributed by atoms with van der Waals surface area (Å²) in [6, 6.07) is 10.5. The average Bonchev–Trinajstić information content (AvgIpc) is 2.45. The van der Waals surface area contributed by atoms with Gasteiger partial charge >= 0.3 is 0 Å². The second kappa shape index (κ2) is 6.34. The zero-order valence-electron chi connectivity index (χ0n) is 10.4. The zero-order valence-corrected chi connectivity index (χ0v) is 11.1. The smallest absolute Gasteiger partial charge is 0.272 e. The van der Waals surface area contributed by atoms with Crippen LogP contribution in [-0.4, -0.2) is 4.92 Å². The molecule has 0 aliphatic rings. The second-order valence-electron chi connectivity index (χ2n) is 4.14. The number of non-ortho nitro benzene ring substituents is 1. The summed E-state index contributed by atoms with van der Waals surface area (Å²) < 4.78 is 18.7. The largest absolute Gasteiger partial charge is 0.489 e. The van der Waals surface area contributed by atoms with Gasteiger partial charge in [0.25, 0.3) is 5.69 Å². The lowest BCUT2D eigenvalue weighted by Gasteiger charge is -2.07. The Morgan fingerprint density at radius 2 is 1.85 bits per heavy atom. The van der Waals surface area contributed by atoms with Crippen molar-refractivity contribution in [1.82, 2.24) is 0 Å². The van der Waals surface area contributed by atoms with E-state index in [1.807, 2.05) is 12.1 Å². The first-order valence-corrected chi connectivity index (χ1v) is 6.33. The maximum atomic E-state index is 13.2. The Balaban J connectivity index is 2.08. The zero-order chi connectivity index (χ0) is 14.5. The Morgan fingerprint density at radius 1 is 1.15 bits per heavy atom. The normalized spacial score (nSPS) is 10.3. The molecule has 0 aliphatic carbocycles. The molecule has 4 nitrogen and oxygen atoms in total. The van der Waals surface area contributed by atoms with Gasteiger partial charge in [0, 0.05) is 11.9 Å². The van der Waals surface area contributed by atoms with Gasteiger partial charge in [-0.1, -0.05) is 12.1 Å². The molecule has 0 radical (unpaired) electrons. The molecule has 0 saturated carbocycles. The van der Waals surface area contributed by atoms with Gasteiger partial charge in [0.2, 0.25) is 0 Å². The minimum atomic E-state index is -0.657. The topological polar surface area (TPSA) is 52.4 Å². The Bertz CT molecular complexity index is 616. The van der Waals surface area contributed by atoms with E-state index in [0.29, 0.717) is 17.2 Å². The van der Waals surface area contributed by atoms with Crippen LogP contribution in [0.3, 0.4) is 0 Å². The number of alkyl halides is 1. The lowest BCUT2D eigenvalue weighted by Crippen LogP contribution is -1.98. The third-order valence-electron chi connectivity index (χ3n) is 2.64. The summed E-state index contributed by atoms with van der Waals surface area (Å²) in [5.74, 6) is 0.345. The summed E-state index contributed by atoms with van der Waals surface area (Å²) in [4.78, 5) is 10.00. The van der Waals surface area contributed by atoms with Crippen molar-refractivity contribution in [2.75, 3.05) is 0 Å². The molecule has 0 saturated heterocycles. The molecular weight excluding hydrogens is 285 g/mol. The summed E-state index contributed by atoms with van der Waals surface area (Å²) in [6.45, 7) is 0.0544. The standard InChI is InChI=1S/C14H11ClFNO3/c15-8-10-1-3-14(4-2-10)20-9-11-5-12(16)7-13(6-11)17(18)19/h1-7H,8-9H2. The van der Waals surface area contributed by atoms with E-state index in [-0.39, 0.29) is 12.3 Å². The third-order valence-corrected chi connectivity index (χ3v) is 2.94. The summed E-state index contributed by atoms with van der Waals surface area (Å²) >= 11 is 5.67. The van der Waals surface area contributed by atoms with Crippen molar-refractivity contribution in [3.8, 4) is 5.75 Å². The molecule has 104 valence electrons. The van der Waals surface area contributed by atoms with E-state index >= 15 is 0 Å². The van der Waals surface area contributed by atoms with Crippen molar-refractivity contribution < 1.29 is 14.1 Å². The highest BCUT2D eigenvalue weighted by atomic mass is 35.5. The molecule has 2 aromatic carbocycles. The molecule has 20 heavy (non-hydrogen) atoms. The number of hydrogen-bond donors (Lipinski definition) is 0. The van der Waals surface area contributed by atoms with E-state index in [1.54, 1.807) is 12.1 Å². The number of hydrogen-bond acceptors (Lipinski definition) is 3. The molecular formula is C14H11ClFNO3. The molecule has 0 atom stereocenters.